The Bertz CT molecular complexity index is 608. The molecular weight excluding hydrogens is 334 g/mol. The molecule has 0 aliphatic rings. The first-order valence-corrected chi connectivity index (χ1v) is 8.00. The van der Waals surface area contributed by atoms with Crippen LogP contribution in [0.4, 0.5) is 5.82 Å². The Labute approximate surface area is 132 Å². The van der Waals surface area contributed by atoms with E-state index in [-0.39, 0.29) is 5.41 Å². The van der Waals surface area contributed by atoms with E-state index in [2.05, 4.69) is 64.1 Å². The lowest BCUT2D eigenvalue weighted by molar-refractivity contribution is 0.539. The number of nitrogens with one attached hydrogen (secondary N) is 1. The normalized spacial score (nSPS) is 11.4. The summed E-state index contributed by atoms with van der Waals surface area (Å²) in [5.74, 6) is 1.70. The van der Waals surface area contributed by atoms with Crippen LogP contribution in [-0.2, 0) is 5.41 Å². The summed E-state index contributed by atoms with van der Waals surface area (Å²) in [5, 5.41) is 4.05. The topological polar surface area (TPSA) is 37.8 Å². The summed E-state index contributed by atoms with van der Waals surface area (Å²) in [6, 6.07) is 10.2. The maximum Gasteiger partial charge on any atom is 0.137 e. The Morgan fingerprint density at radius 3 is 2.50 bits per heavy atom. The van der Waals surface area contributed by atoms with Gasteiger partial charge in [0, 0.05) is 27.9 Å². The highest BCUT2D eigenvalue weighted by molar-refractivity contribution is 9.10. The highest BCUT2D eigenvalue weighted by Gasteiger charge is 2.19. The third kappa shape index (κ3) is 3.96. The van der Waals surface area contributed by atoms with Crippen LogP contribution < -0.4 is 5.32 Å². The van der Waals surface area contributed by atoms with Gasteiger partial charge in [0.15, 0.2) is 0 Å². The van der Waals surface area contributed by atoms with E-state index in [1.54, 1.807) is 11.8 Å². The fraction of sp³-hybridized carbons (Fsp3) is 0.333. The van der Waals surface area contributed by atoms with Gasteiger partial charge in [-0.2, -0.15) is 0 Å². The number of anilines is 1. The smallest absolute Gasteiger partial charge is 0.137 e. The van der Waals surface area contributed by atoms with Crippen LogP contribution in [0.3, 0.4) is 0 Å². The van der Waals surface area contributed by atoms with Gasteiger partial charge in [-0.25, -0.2) is 9.97 Å². The highest BCUT2D eigenvalue weighted by atomic mass is 79.9. The minimum Gasteiger partial charge on any atom is -0.373 e. The van der Waals surface area contributed by atoms with Crippen LogP contribution in [0.1, 0.15) is 26.6 Å². The quantitative estimate of drug-likeness (QED) is 0.811. The van der Waals surface area contributed by atoms with Crippen molar-refractivity contribution < 1.29 is 0 Å². The van der Waals surface area contributed by atoms with E-state index in [0.717, 1.165) is 26.0 Å². The molecule has 0 aliphatic carbocycles. The van der Waals surface area contributed by atoms with E-state index in [1.165, 1.54) is 0 Å². The molecule has 106 valence electrons. The molecule has 0 spiro atoms. The molecule has 2 rings (SSSR count). The van der Waals surface area contributed by atoms with Crippen LogP contribution in [0.15, 0.2) is 44.7 Å². The predicted octanol–water partition coefficient (Wildman–Crippen LogP) is 4.73. The van der Waals surface area contributed by atoms with Crippen molar-refractivity contribution in [2.75, 3.05) is 12.4 Å². The van der Waals surface area contributed by atoms with Gasteiger partial charge in [-0.15, -0.1) is 0 Å². The molecule has 20 heavy (non-hydrogen) atoms. The van der Waals surface area contributed by atoms with E-state index in [0.29, 0.717) is 0 Å². The number of aromatic nitrogens is 2. The predicted molar refractivity (Wildman–Crippen MR) is 88.5 cm³/mol. The summed E-state index contributed by atoms with van der Waals surface area (Å²) in [6.07, 6.45) is 0. The summed E-state index contributed by atoms with van der Waals surface area (Å²) in [7, 11) is 1.88. The van der Waals surface area contributed by atoms with E-state index in [9.17, 15) is 0 Å². The molecule has 1 heterocycles. The summed E-state index contributed by atoms with van der Waals surface area (Å²) in [5.41, 5.74) is -0.0700. The lowest BCUT2D eigenvalue weighted by atomic mass is 9.96. The SMILES string of the molecule is CNc1cc(Sc2cccc(Br)c2)nc(C(C)(C)C)n1. The van der Waals surface area contributed by atoms with Gasteiger partial charge in [0.05, 0.1) is 0 Å². The van der Waals surface area contributed by atoms with Gasteiger partial charge in [0.25, 0.3) is 0 Å². The molecule has 0 saturated carbocycles. The van der Waals surface area contributed by atoms with Crippen molar-refractivity contribution in [1.29, 1.82) is 0 Å². The molecule has 0 unspecified atom stereocenters. The summed E-state index contributed by atoms with van der Waals surface area (Å²) in [6.45, 7) is 6.36. The number of rotatable bonds is 3. The monoisotopic (exact) mass is 351 g/mol. The molecule has 1 aromatic carbocycles. The van der Waals surface area contributed by atoms with Gasteiger partial charge < -0.3 is 5.32 Å². The molecule has 3 nitrogen and oxygen atoms in total. The Balaban J connectivity index is 2.36. The Hall–Kier alpha value is -1.07. The molecular formula is C15H18BrN3S. The maximum absolute atomic E-state index is 4.67. The fourth-order valence-corrected chi connectivity index (χ4v) is 3.02. The number of nitrogens with zero attached hydrogens (tertiary/aromatic N) is 2. The molecule has 0 amide bonds. The van der Waals surface area contributed by atoms with E-state index < -0.39 is 0 Å². The second kappa shape index (κ2) is 6.14. The van der Waals surface area contributed by atoms with Crippen LogP contribution in [-0.4, -0.2) is 17.0 Å². The van der Waals surface area contributed by atoms with Gasteiger partial charge in [-0.05, 0) is 18.2 Å². The second-order valence-electron chi connectivity index (χ2n) is 5.47. The zero-order valence-corrected chi connectivity index (χ0v) is 14.5. The average molecular weight is 352 g/mol. The Kier molecular flexibility index (Phi) is 4.70. The molecule has 0 saturated heterocycles. The molecule has 2 aromatic rings. The maximum atomic E-state index is 4.67. The molecule has 0 fully saturated rings. The van der Waals surface area contributed by atoms with Crippen molar-refractivity contribution in [3.63, 3.8) is 0 Å². The zero-order chi connectivity index (χ0) is 14.8. The molecule has 5 heteroatoms. The first kappa shape index (κ1) is 15.3. The van der Waals surface area contributed by atoms with E-state index in [1.807, 2.05) is 25.2 Å². The highest BCUT2D eigenvalue weighted by Crippen LogP contribution is 2.31. The lowest BCUT2D eigenvalue weighted by Gasteiger charge is -2.18. The third-order valence-electron chi connectivity index (χ3n) is 2.65. The number of hydrogen-bond acceptors (Lipinski definition) is 4. The van der Waals surface area contributed by atoms with Crippen molar-refractivity contribution in [2.24, 2.45) is 0 Å². The van der Waals surface area contributed by atoms with Gasteiger partial charge in [-0.1, -0.05) is 54.5 Å². The van der Waals surface area contributed by atoms with Crippen LogP contribution in [0.25, 0.3) is 0 Å². The van der Waals surface area contributed by atoms with Crippen molar-refractivity contribution in [3.8, 4) is 0 Å². The number of hydrogen-bond donors (Lipinski definition) is 1. The lowest BCUT2D eigenvalue weighted by Crippen LogP contribution is -2.17. The number of benzene rings is 1. The van der Waals surface area contributed by atoms with E-state index >= 15 is 0 Å². The van der Waals surface area contributed by atoms with Crippen LogP contribution >= 0.6 is 27.7 Å². The van der Waals surface area contributed by atoms with Crippen LogP contribution in [0, 0.1) is 0 Å². The molecule has 1 aromatic heterocycles. The molecule has 0 bridgehead atoms. The van der Waals surface area contributed by atoms with Gasteiger partial charge in [0.2, 0.25) is 0 Å². The minimum atomic E-state index is -0.0700. The van der Waals surface area contributed by atoms with Crippen molar-refractivity contribution in [2.45, 2.75) is 36.1 Å². The summed E-state index contributed by atoms with van der Waals surface area (Å²) >= 11 is 5.13. The molecule has 1 N–H and O–H groups in total. The minimum absolute atomic E-state index is 0.0700. The number of halogens is 1. The van der Waals surface area contributed by atoms with Crippen molar-refractivity contribution in [3.05, 3.63) is 40.6 Å². The van der Waals surface area contributed by atoms with E-state index in [4.69, 9.17) is 0 Å². The summed E-state index contributed by atoms with van der Waals surface area (Å²) in [4.78, 5) is 10.4. The Morgan fingerprint density at radius 1 is 1.15 bits per heavy atom. The van der Waals surface area contributed by atoms with Crippen LogP contribution in [0.5, 0.6) is 0 Å². The first-order chi connectivity index (χ1) is 9.38. The molecule has 0 atom stereocenters. The van der Waals surface area contributed by atoms with Crippen molar-refractivity contribution in [1.82, 2.24) is 9.97 Å². The fourth-order valence-electron chi connectivity index (χ4n) is 1.59. The second-order valence-corrected chi connectivity index (χ2v) is 7.48. The zero-order valence-electron chi connectivity index (χ0n) is 12.1. The van der Waals surface area contributed by atoms with Crippen LogP contribution in [0.2, 0.25) is 0 Å². The van der Waals surface area contributed by atoms with Gasteiger partial charge >= 0.3 is 0 Å². The van der Waals surface area contributed by atoms with Gasteiger partial charge in [0.1, 0.15) is 16.7 Å². The molecule has 0 radical (unpaired) electrons. The summed E-state index contributed by atoms with van der Waals surface area (Å²) < 4.78 is 1.07. The Morgan fingerprint density at radius 2 is 1.90 bits per heavy atom. The standard InChI is InChI=1S/C15H18BrN3S/c1-15(2,3)14-18-12(17-4)9-13(19-14)20-11-7-5-6-10(16)8-11/h5-9H,1-4H3,(H,17,18,19). The first-order valence-electron chi connectivity index (χ1n) is 6.39. The third-order valence-corrected chi connectivity index (χ3v) is 4.05. The largest absolute Gasteiger partial charge is 0.373 e. The molecule has 0 aliphatic heterocycles. The van der Waals surface area contributed by atoms with Crippen molar-refractivity contribution >= 4 is 33.5 Å². The average Bonchev–Trinajstić information content (AvgIpc) is 2.37. The van der Waals surface area contributed by atoms with Gasteiger partial charge in [-0.3, -0.25) is 0 Å².